The molecule has 0 amide bonds. The molecule has 3 rings (SSSR count). The first kappa shape index (κ1) is 14.8. The van der Waals surface area contributed by atoms with Gasteiger partial charge in [-0.1, -0.05) is 25.4 Å². The second kappa shape index (κ2) is 5.57. The zero-order valence-electron chi connectivity index (χ0n) is 12.5. The van der Waals surface area contributed by atoms with Crippen LogP contribution in [-0.4, -0.2) is 21.9 Å². The Morgan fingerprint density at radius 1 is 1.27 bits per heavy atom. The lowest BCUT2D eigenvalue weighted by Crippen LogP contribution is -2.01. The summed E-state index contributed by atoms with van der Waals surface area (Å²) in [6.07, 6.45) is 1.83. The molecule has 0 N–H and O–H groups in total. The van der Waals surface area contributed by atoms with Crippen molar-refractivity contribution < 1.29 is 9.13 Å². The molecule has 0 saturated carbocycles. The number of hydrogen-bond acceptors (Lipinski definition) is 3. The average molecular weight is 320 g/mol. The predicted molar refractivity (Wildman–Crippen MR) is 84.5 cm³/mol. The van der Waals surface area contributed by atoms with Gasteiger partial charge in [0.2, 0.25) is 0 Å². The van der Waals surface area contributed by atoms with Gasteiger partial charge in [0.25, 0.3) is 0 Å². The molecule has 2 heterocycles. The highest BCUT2D eigenvalue weighted by atomic mass is 35.5. The van der Waals surface area contributed by atoms with E-state index in [-0.39, 0.29) is 5.75 Å². The lowest BCUT2D eigenvalue weighted by molar-refractivity contribution is 0.387. The summed E-state index contributed by atoms with van der Waals surface area (Å²) in [6, 6.07) is 6.48. The van der Waals surface area contributed by atoms with Gasteiger partial charge >= 0.3 is 0 Å². The number of rotatable bonds is 3. The summed E-state index contributed by atoms with van der Waals surface area (Å²) >= 11 is 6.26. The van der Waals surface area contributed by atoms with Crippen molar-refractivity contribution in [3.05, 3.63) is 47.0 Å². The number of benzene rings is 1. The van der Waals surface area contributed by atoms with E-state index in [0.717, 1.165) is 5.69 Å². The van der Waals surface area contributed by atoms with Crippen LogP contribution in [0.15, 0.2) is 30.5 Å². The summed E-state index contributed by atoms with van der Waals surface area (Å²) in [7, 11) is 1.41. The van der Waals surface area contributed by atoms with Crippen LogP contribution >= 0.6 is 11.6 Å². The van der Waals surface area contributed by atoms with E-state index in [1.807, 2.05) is 12.3 Å². The van der Waals surface area contributed by atoms with Crippen LogP contribution in [0, 0.1) is 5.82 Å². The Morgan fingerprint density at radius 3 is 2.68 bits per heavy atom. The number of nitrogens with zero attached hydrogens (tertiary/aromatic N) is 3. The first-order valence-corrected chi connectivity index (χ1v) is 7.27. The van der Waals surface area contributed by atoms with Crippen LogP contribution in [0.4, 0.5) is 4.39 Å². The fourth-order valence-corrected chi connectivity index (χ4v) is 2.47. The molecule has 1 aromatic carbocycles. The quantitative estimate of drug-likeness (QED) is 0.720. The van der Waals surface area contributed by atoms with Crippen LogP contribution in [0.2, 0.25) is 5.02 Å². The molecule has 0 bridgehead atoms. The third-order valence-corrected chi connectivity index (χ3v) is 3.77. The fraction of sp³-hybridized carbons (Fsp3) is 0.250. The highest BCUT2D eigenvalue weighted by Gasteiger charge is 2.12. The molecule has 6 heteroatoms. The maximum Gasteiger partial charge on any atom is 0.165 e. The monoisotopic (exact) mass is 319 g/mol. The molecular weight excluding hydrogens is 305 g/mol. The van der Waals surface area contributed by atoms with Gasteiger partial charge in [-0.2, -0.15) is 5.10 Å². The van der Waals surface area contributed by atoms with Gasteiger partial charge in [-0.05, 0) is 18.1 Å². The summed E-state index contributed by atoms with van der Waals surface area (Å²) < 4.78 is 20.4. The Labute approximate surface area is 132 Å². The molecule has 0 aliphatic rings. The summed E-state index contributed by atoms with van der Waals surface area (Å²) in [4.78, 5) is 4.50. The van der Waals surface area contributed by atoms with Crippen molar-refractivity contribution >= 4 is 22.5 Å². The Balaban J connectivity index is 2.16. The zero-order chi connectivity index (χ0) is 15.9. The maximum atomic E-state index is 13.8. The normalized spacial score (nSPS) is 11.4. The molecule has 0 atom stereocenters. The number of methoxy groups -OCH3 is 1. The van der Waals surface area contributed by atoms with Gasteiger partial charge in [0, 0.05) is 23.7 Å². The van der Waals surface area contributed by atoms with E-state index in [9.17, 15) is 4.39 Å². The van der Waals surface area contributed by atoms with Crippen molar-refractivity contribution in [3.63, 3.8) is 0 Å². The first-order valence-electron chi connectivity index (χ1n) is 6.89. The third kappa shape index (κ3) is 2.52. The Bertz CT molecular complexity index is 845. The zero-order valence-corrected chi connectivity index (χ0v) is 13.2. The van der Waals surface area contributed by atoms with E-state index in [1.54, 1.807) is 10.7 Å². The van der Waals surface area contributed by atoms with Crippen LogP contribution in [-0.2, 0) is 0 Å². The van der Waals surface area contributed by atoms with Crippen molar-refractivity contribution in [2.24, 2.45) is 0 Å². The van der Waals surface area contributed by atoms with Gasteiger partial charge in [0.05, 0.1) is 23.3 Å². The minimum atomic E-state index is -0.465. The largest absolute Gasteiger partial charge is 0.494 e. The van der Waals surface area contributed by atoms with Gasteiger partial charge in [-0.15, -0.1) is 0 Å². The Hall–Kier alpha value is -2.14. The summed E-state index contributed by atoms with van der Waals surface area (Å²) in [6.45, 7) is 4.14. The molecule has 0 spiro atoms. The Morgan fingerprint density at radius 2 is 2.05 bits per heavy atom. The molecule has 2 aromatic heterocycles. The summed E-state index contributed by atoms with van der Waals surface area (Å²) in [5.74, 6) is 0.577. The van der Waals surface area contributed by atoms with E-state index in [2.05, 4.69) is 23.9 Å². The fourth-order valence-electron chi connectivity index (χ4n) is 2.22. The van der Waals surface area contributed by atoms with E-state index < -0.39 is 5.82 Å². The first-order chi connectivity index (χ1) is 10.5. The molecule has 0 aliphatic heterocycles. The van der Waals surface area contributed by atoms with Gasteiger partial charge in [0.15, 0.2) is 17.4 Å². The second-order valence-electron chi connectivity index (χ2n) is 5.31. The van der Waals surface area contributed by atoms with Crippen molar-refractivity contribution in [1.82, 2.24) is 14.8 Å². The number of halogens is 2. The van der Waals surface area contributed by atoms with Gasteiger partial charge in [0.1, 0.15) is 0 Å². The van der Waals surface area contributed by atoms with Crippen molar-refractivity contribution in [3.8, 4) is 11.6 Å². The topological polar surface area (TPSA) is 39.9 Å². The van der Waals surface area contributed by atoms with Crippen molar-refractivity contribution in [2.75, 3.05) is 7.11 Å². The second-order valence-corrected chi connectivity index (χ2v) is 5.71. The molecule has 3 aromatic rings. The standard InChI is InChI=1S/C16H15ClFN3O/c1-9(2)13-4-5-21(20-13)16-7-11(17)10-6-12(18)15(22-3)8-14(10)19-16/h4-9H,1-3H3. The predicted octanol–water partition coefficient (Wildman–Crippen LogP) is 4.35. The number of ether oxygens (including phenoxy) is 1. The van der Waals surface area contributed by atoms with Crippen molar-refractivity contribution in [2.45, 2.75) is 19.8 Å². The van der Waals surface area contributed by atoms with E-state index in [1.165, 1.54) is 19.2 Å². The van der Waals surface area contributed by atoms with Crippen LogP contribution in [0.1, 0.15) is 25.5 Å². The molecule has 0 radical (unpaired) electrons. The molecule has 114 valence electrons. The van der Waals surface area contributed by atoms with Gasteiger partial charge < -0.3 is 4.74 Å². The molecule has 0 unspecified atom stereocenters. The van der Waals surface area contributed by atoms with E-state index >= 15 is 0 Å². The smallest absolute Gasteiger partial charge is 0.165 e. The lowest BCUT2D eigenvalue weighted by Gasteiger charge is -2.08. The highest BCUT2D eigenvalue weighted by molar-refractivity contribution is 6.35. The van der Waals surface area contributed by atoms with E-state index in [4.69, 9.17) is 16.3 Å². The van der Waals surface area contributed by atoms with Crippen LogP contribution in [0.3, 0.4) is 0 Å². The highest BCUT2D eigenvalue weighted by Crippen LogP contribution is 2.30. The summed E-state index contributed by atoms with van der Waals surface area (Å²) in [5.41, 5.74) is 1.53. The molecule has 0 saturated heterocycles. The van der Waals surface area contributed by atoms with Gasteiger partial charge in [-0.25, -0.2) is 14.1 Å². The van der Waals surface area contributed by atoms with Crippen LogP contribution in [0.25, 0.3) is 16.7 Å². The summed E-state index contributed by atoms with van der Waals surface area (Å²) in [5, 5.41) is 5.44. The number of aromatic nitrogens is 3. The SMILES string of the molecule is COc1cc2nc(-n3ccc(C(C)C)n3)cc(Cl)c2cc1F. The lowest BCUT2D eigenvalue weighted by atomic mass is 10.1. The minimum Gasteiger partial charge on any atom is -0.494 e. The number of fused-ring (bicyclic) bond motifs is 1. The van der Waals surface area contributed by atoms with E-state index in [0.29, 0.717) is 27.7 Å². The molecule has 22 heavy (non-hydrogen) atoms. The molecule has 4 nitrogen and oxygen atoms in total. The van der Waals surface area contributed by atoms with Crippen LogP contribution < -0.4 is 4.74 Å². The molecular formula is C16H15ClFN3O. The van der Waals surface area contributed by atoms with Gasteiger partial charge in [-0.3, -0.25) is 0 Å². The minimum absolute atomic E-state index is 0.136. The number of pyridine rings is 1. The average Bonchev–Trinajstić information content (AvgIpc) is 2.97. The van der Waals surface area contributed by atoms with Crippen LogP contribution in [0.5, 0.6) is 5.75 Å². The molecule has 0 fully saturated rings. The maximum absolute atomic E-state index is 13.8. The molecule has 0 aliphatic carbocycles. The Kier molecular flexibility index (Phi) is 3.74. The van der Waals surface area contributed by atoms with Crippen molar-refractivity contribution in [1.29, 1.82) is 0 Å². The number of hydrogen-bond donors (Lipinski definition) is 0. The third-order valence-electron chi connectivity index (χ3n) is 3.45.